The number of fused-ring (bicyclic) bond motifs is 1. The Balaban J connectivity index is 2.43. The first kappa shape index (κ1) is 16.5. The monoisotopic (exact) mass is 322 g/mol. The molecule has 118 valence electrons. The highest BCUT2D eigenvalue weighted by atomic mass is 35.5. The highest BCUT2D eigenvalue weighted by Crippen LogP contribution is 2.17. The molecule has 1 atom stereocenters. The molecule has 1 unspecified atom stereocenters. The number of halogens is 1. The van der Waals surface area contributed by atoms with E-state index in [2.05, 4.69) is 5.32 Å². The Bertz CT molecular complexity index is 753. The fourth-order valence-electron chi connectivity index (χ4n) is 2.28. The largest absolute Gasteiger partial charge is 0.393 e. The van der Waals surface area contributed by atoms with Crippen molar-refractivity contribution in [3.63, 3.8) is 0 Å². The Hall–Kier alpha value is -1.85. The Morgan fingerprint density at radius 3 is 2.82 bits per heavy atom. The zero-order valence-electron chi connectivity index (χ0n) is 12.6. The fourth-order valence-corrected chi connectivity index (χ4v) is 2.45. The first-order valence-electron chi connectivity index (χ1n) is 7.23. The summed E-state index contributed by atoms with van der Waals surface area (Å²) in [6, 6.07) is 5.08. The second kappa shape index (κ2) is 6.94. The molecule has 0 spiro atoms. The Morgan fingerprint density at radius 1 is 1.45 bits per heavy atom. The number of carbonyl (C=O) groups is 1. The third kappa shape index (κ3) is 3.48. The van der Waals surface area contributed by atoms with Crippen LogP contribution in [0.15, 0.2) is 29.2 Å². The summed E-state index contributed by atoms with van der Waals surface area (Å²) in [5.41, 5.74) is 0.497. The number of nitrogens with zero attached hydrogens (tertiary/aromatic N) is 1. The zero-order chi connectivity index (χ0) is 16.3. The van der Waals surface area contributed by atoms with Gasteiger partial charge >= 0.3 is 0 Å². The summed E-state index contributed by atoms with van der Waals surface area (Å²) >= 11 is 5.96. The van der Waals surface area contributed by atoms with E-state index in [4.69, 9.17) is 11.6 Å². The van der Waals surface area contributed by atoms with Crippen molar-refractivity contribution < 1.29 is 9.90 Å². The average Bonchev–Trinajstić information content (AvgIpc) is 2.47. The Morgan fingerprint density at radius 2 is 2.18 bits per heavy atom. The average molecular weight is 323 g/mol. The first-order chi connectivity index (χ1) is 10.4. The molecule has 0 aliphatic carbocycles. The summed E-state index contributed by atoms with van der Waals surface area (Å²) in [6.07, 6.45) is 1.51. The summed E-state index contributed by atoms with van der Waals surface area (Å²) in [4.78, 5) is 24.7. The molecule has 0 aliphatic rings. The van der Waals surface area contributed by atoms with E-state index in [1.54, 1.807) is 31.3 Å². The van der Waals surface area contributed by atoms with Gasteiger partial charge in [0.1, 0.15) is 5.56 Å². The molecule has 0 bridgehead atoms. The lowest BCUT2D eigenvalue weighted by Gasteiger charge is -2.12. The predicted octanol–water partition coefficient (Wildman–Crippen LogP) is 2.18. The van der Waals surface area contributed by atoms with Crippen LogP contribution in [-0.2, 0) is 6.54 Å². The minimum Gasteiger partial charge on any atom is -0.393 e. The van der Waals surface area contributed by atoms with Crippen LogP contribution in [-0.4, -0.2) is 28.2 Å². The van der Waals surface area contributed by atoms with Crippen molar-refractivity contribution in [3.8, 4) is 0 Å². The number of aryl methyl sites for hydroxylation is 1. The van der Waals surface area contributed by atoms with Crippen molar-refractivity contribution in [2.24, 2.45) is 0 Å². The maximum Gasteiger partial charge on any atom is 0.256 e. The number of aromatic nitrogens is 1. The molecule has 6 heteroatoms. The Kier molecular flexibility index (Phi) is 5.21. The third-order valence-corrected chi connectivity index (χ3v) is 3.71. The van der Waals surface area contributed by atoms with Crippen molar-refractivity contribution in [1.29, 1.82) is 0 Å². The van der Waals surface area contributed by atoms with Gasteiger partial charge in [0.2, 0.25) is 5.43 Å². The third-order valence-electron chi connectivity index (χ3n) is 3.48. The number of amides is 1. The SMILES string of the molecule is CCn1cc(C(=O)NCCC(C)O)c(=O)c2cc(Cl)ccc21. The molecule has 0 saturated carbocycles. The van der Waals surface area contributed by atoms with Crippen LogP contribution in [0.5, 0.6) is 0 Å². The van der Waals surface area contributed by atoms with Gasteiger partial charge in [-0.1, -0.05) is 11.6 Å². The molecule has 1 aromatic heterocycles. The molecule has 0 aliphatic heterocycles. The molecule has 22 heavy (non-hydrogen) atoms. The van der Waals surface area contributed by atoms with E-state index in [0.717, 1.165) is 5.52 Å². The second-order valence-electron chi connectivity index (χ2n) is 5.21. The normalized spacial score (nSPS) is 12.4. The number of hydrogen-bond acceptors (Lipinski definition) is 3. The van der Waals surface area contributed by atoms with E-state index in [1.165, 1.54) is 0 Å². The highest BCUT2D eigenvalue weighted by molar-refractivity contribution is 6.31. The second-order valence-corrected chi connectivity index (χ2v) is 5.65. The summed E-state index contributed by atoms with van der Waals surface area (Å²) < 4.78 is 1.84. The van der Waals surface area contributed by atoms with E-state index in [0.29, 0.717) is 29.9 Å². The molecule has 1 aromatic carbocycles. The summed E-state index contributed by atoms with van der Waals surface area (Å²) in [5.74, 6) is -0.435. The van der Waals surface area contributed by atoms with Crippen LogP contribution in [0.25, 0.3) is 10.9 Å². The summed E-state index contributed by atoms with van der Waals surface area (Å²) in [7, 11) is 0. The van der Waals surface area contributed by atoms with E-state index >= 15 is 0 Å². The number of nitrogens with one attached hydrogen (secondary N) is 1. The van der Waals surface area contributed by atoms with Crippen molar-refractivity contribution >= 4 is 28.4 Å². The molecule has 0 fully saturated rings. The summed E-state index contributed by atoms with van der Waals surface area (Å²) in [5, 5.41) is 12.8. The lowest BCUT2D eigenvalue weighted by atomic mass is 10.1. The van der Waals surface area contributed by atoms with Gasteiger partial charge in [-0.2, -0.15) is 0 Å². The molecule has 0 saturated heterocycles. The molecule has 1 amide bonds. The lowest BCUT2D eigenvalue weighted by molar-refractivity contribution is 0.0944. The van der Waals surface area contributed by atoms with Crippen LogP contribution in [0.3, 0.4) is 0 Å². The van der Waals surface area contributed by atoms with E-state index in [1.807, 2.05) is 11.5 Å². The molecule has 2 rings (SSSR count). The van der Waals surface area contributed by atoms with Crippen LogP contribution in [0, 0.1) is 0 Å². The number of benzene rings is 1. The molecule has 1 heterocycles. The molecule has 0 radical (unpaired) electrons. The smallest absolute Gasteiger partial charge is 0.256 e. The van der Waals surface area contributed by atoms with Crippen molar-refractivity contribution in [1.82, 2.24) is 9.88 Å². The van der Waals surface area contributed by atoms with Crippen LogP contribution < -0.4 is 10.7 Å². The molecule has 2 N–H and O–H groups in total. The van der Waals surface area contributed by atoms with Crippen LogP contribution in [0.1, 0.15) is 30.6 Å². The van der Waals surface area contributed by atoms with Crippen molar-refractivity contribution in [2.75, 3.05) is 6.54 Å². The summed E-state index contributed by atoms with van der Waals surface area (Å²) in [6.45, 7) is 4.53. The molecule has 2 aromatic rings. The molecule has 5 nitrogen and oxygen atoms in total. The van der Waals surface area contributed by atoms with E-state index in [-0.39, 0.29) is 11.0 Å². The minimum absolute atomic E-state index is 0.0854. The van der Waals surface area contributed by atoms with Crippen LogP contribution in [0.4, 0.5) is 0 Å². The first-order valence-corrected chi connectivity index (χ1v) is 7.60. The van der Waals surface area contributed by atoms with Gasteiger partial charge in [0.15, 0.2) is 0 Å². The quantitative estimate of drug-likeness (QED) is 0.886. The number of aliphatic hydroxyl groups excluding tert-OH is 1. The van der Waals surface area contributed by atoms with Gasteiger partial charge in [-0.05, 0) is 38.5 Å². The van der Waals surface area contributed by atoms with Gasteiger partial charge in [0, 0.05) is 29.7 Å². The number of hydrogen-bond donors (Lipinski definition) is 2. The van der Waals surface area contributed by atoms with E-state index in [9.17, 15) is 14.7 Å². The highest BCUT2D eigenvalue weighted by Gasteiger charge is 2.15. The zero-order valence-corrected chi connectivity index (χ0v) is 13.4. The van der Waals surface area contributed by atoms with Gasteiger partial charge in [-0.25, -0.2) is 0 Å². The van der Waals surface area contributed by atoms with Crippen LogP contribution >= 0.6 is 11.6 Å². The predicted molar refractivity (Wildman–Crippen MR) is 87.5 cm³/mol. The Labute approximate surface area is 133 Å². The maximum absolute atomic E-state index is 12.5. The van der Waals surface area contributed by atoms with Gasteiger partial charge in [-0.3, -0.25) is 9.59 Å². The van der Waals surface area contributed by atoms with E-state index < -0.39 is 12.0 Å². The number of pyridine rings is 1. The van der Waals surface area contributed by atoms with Gasteiger partial charge in [0.05, 0.1) is 11.6 Å². The molecular weight excluding hydrogens is 304 g/mol. The van der Waals surface area contributed by atoms with Crippen LogP contribution in [0.2, 0.25) is 5.02 Å². The standard InChI is InChI=1S/C16H19ClN2O3/c1-3-19-9-13(16(22)18-7-6-10(2)20)15(21)12-8-11(17)4-5-14(12)19/h4-5,8-10,20H,3,6-7H2,1-2H3,(H,18,22). The molecular formula is C16H19ClN2O3. The maximum atomic E-state index is 12.5. The van der Waals surface area contributed by atoms with Gasteiger partial charge in [0.25, 0.3) is 5.91 Å². The number of aliphatic hydroxyl groups is 1. The van der Waals surface area contributed by atoms with Crippen molar-refractivity contribution in [3.05, 3.63) is 45.2 Å². The van der Waals surface area contributed by atoms with Gasteiger partial charge < -0.3 is 15.0 Å². The number of carbonyl (C=O) groups excluding carboxylic acids is 1. The van der Waals surface area contributed by atoms with Crippen molar-refractivity contribution in [2.45, 2.75) is 32.9 Å². The lowest BCUT2D eigenvalue weighted by Crippen LogP contribution is -2.31. The minimum atomic E-state index is -0.497. The number of rotatable bonds is 5. The fraction of sp³-hybridized carbons (Fsp3) is 0.375. The topological polar surface area (TPSA) is 71.3 Å². The van der Waals surface area contributed by atoms with Gasteiger partial charge in [-0.15, -0.1) is 0 Å².